The minimum atomic E-state index is -0.769. The van der Waals surface area contributed by atoms with E-state index >= 15 is 0 Å². The summed E-state index contributed by atoms with van der Waals surface area (Å²) in [6.45, 7) is 0.950. The largest absolute Gasteiger partial charge is 0.325 e. The highest BCUT2D eigenvalue weighted by Crippen LogP contribution is 2.14. The summed E-state index contributed by atoms with van der Waals surface area (Å²) in [4.78, 5) is 14.0. The van der Waals surface area contributed by atoms with E-state index in [-0.39, 0.29) is 18.1 Å². The number of likely N-dealkylation sites (N-methyl/N-ethyl adjacent to an activating group) is 1. The van der Waals surface area contributed by atoms with E-state index in [2.05, 4.69) is 5.32 Å². The Labute approximate surface area is 119 Å². The van der Waals surface area contributed by atoms with Gasteiger partial charge in [0.1, 0.15) is 18.2 Å². The van der Waals surface area contributed by atoms with Gasteiger partial charge < -0.3 is 10.2 Å². The lowest BCUT2D eigenvalue weighted by molar-refractivity contribution is -0.884. The first-order chi connectivity index (χ1) is 9.54. The summed E-state index contributed by atoms with van der Waals surface area (Å²) >= 11 is 1.63. The minimum absolute atomic E-state index is 0.000300. The molecule has 2 N–H and O–H groups in total. The molecule has 0 spiro atoms. The topological polar surface area (TPSA) is 33.5 Å². The average Bonchev–Trinajstić information content (AvgIpc) is 2.85. The molecule has 1 atom stereocenters. The van der Waals surface area contributed by atoms with Gasteiger partial charge >= 0.3 is 0 Å². The first-order valence-corrected chi connectivity index (χ1v) is 7.01. The number of amides is 1. The Morgan fingerprint density at radius 1 is 1.35 bits per heavy atom. The fraction of sp³-hybridized carbons (Fsp3) is 0.214. The molecule has 106 valence electrons. The molecule has 2 aromatic rings. The molecule has 1 amide bonds. The average molecular weight is 297 g/mol. The number of quaternary nitrogens is 1. The number of carbonyl (C=O) groups excluding carboxylic acids is 1. The third kappa shape index (κ3) is 4.11. The second kappa shape index (κ2) is 6.58. The molecule has 1 heterocycles. The summed E-state index contributed by atoms with van der Waals surface area (Å²) < 4.78 is 26.1. The maximum Gasteiger partial charge on any atom is 0.279 e. The quantitative estimate of drug-likeness (QED) is 0.865. The summed E-state index contributed by atoms with van der Waals surface area (Å²) in [5.74, 6) is -1.74. The number of rotatable bonds is 5. The highest BCUT2D eigenvalue weighted by atomic mass is 32.1. The van der Waals surface area contributed by atoms with Gasteiger partial charge in [-0.2, -0.15) is 0 Å². The second-order valence-corrected chi connectivity index (χ2v) is 5.59. The third-order valence-electron chi connectivity index (χ3n) is 2.72. The Bertz CT molecular complexity index is 587. The SMILES string of the molecule is C[NH+](CC(=O)Nc1ccc(F)cc1F)Cc1cccs1. The zero-order valence-corrected chi connectivity index (χ0v) is 11.8. The molecule has 0 aliphatic carbocycles. The van der Waals surface area contributed by atoms with E-state index in [1.165, 1.54) is 10.9 Å². The van der Waals surface area contributed by atoms with E-state index in [0.29, 0.717) is 0 Å². The van der Waals surface area contributed by atoms with Crippen LogP contribution in [0.2, 0.25) is 0 Å². The van der Waals surface area contributed by atoms with Gasteiger partial charge in [-0.1, -0.05) is 6.07 Å². The summed E-state index contributed by atoms with van der Waals surface area (Å²) in [6, 6.07) is 7.04. The molecule has 3 nitrogen and oxygen atoms in total. The molecule has 0 aliphatic rings. The van der Waals surface area contributed by atoms with Crippen molar-refractivity contribution in [2.24, 2.45) is 0 Å². The van der Waals surface area contributed by atoms with Crippen molar-refractivity contribution in [2.75, 3.05) is 18.9 Å². The first-order valence-electron chi connectivity index (χ1n) is 6.13. The smallest absolute Gasteiger partial charge is 0.279 e. The van der Waals surface area contributed by atoms with Gasteiger partial charge in [0.05, 0.1) is 17.6 Å². The second-order valence-electron chi connectivity index (χ2n) is 4.56. The van der Waals surface area contributed by atoms with Gasteiger partial charge in [0, 0.05) is 6.07 Å². The van der Waals surface area contributed by atoms with Crippen molar-refractivity contribution in [2.45, 2.75) is 6.54 Å². The third-order valence-corrected chi connectivity index (χ3v) is 3.60. The highest BCUT2D eigenvalue weighted by molar-refractivity contribution is 7.09. The van der Waals surface area contributed by atoms with Gasteiger partial charge in [-0.3, -0.25) is 4.79 Å². The number of halogens is 2. The van der Waals surface area contributed by atoms with Crippen molar-refractivity contribution in [1.29, 1.82) is 0 Å². The zero-order valence-electron chi connectivity index (χ0n) is 11.0. The molecule has 6 heteroatoms. The maximum atomic E-state index is 13.4. The fourth-order valence-corrected chi connectivity index (χ4v) is 2.65. The standard InChI is InChI=1S/C14H14F2N2OS/c1-18(8-11-3-2-6-20-11)9-14(19)17-13-5-4-10(15)7-12(13)16/h2-7H,8-9H2,1H3,(H,17,19)/p+1. The Morgan fingerprint density at radius 3 is 2.80 bits per heavy atom. The van der Waals surface area contributed by atoms with Crippen LogP contribution < -0.4 is 10.2 Å². The van der Waals surface area contributed by atoms with E-state index < -0.39 is 11.6 Å². The lowest BCUT2D eigenvalue weighted by atomic mass is 10.3. The van der Waals surface area contributed by atoms with Gasteiger partial charge in [-0.05, 0) is 23.6 Å². The summed E-state index contributed by atoms with van der Waals surface area (Å²) in [7, 11) is 1.89. The van der Waals surface area contributed by atoms with Crippen LogP contribution in [0.4, 0.5) is 14.5 Å². The summed E-state index contributed by atoms with van der Waals surface area (Å²) in [6.07, 6.45) is 0. The van der Waals surface area contributed by atoms with E-state index in [1.54, 1.807) is 11.3 Å². The van der Waals surface area contributed by atoms with Crippen LogP contribution in [0.3, 0.4) is 0 Å². The van der Waals surface area contributed by atoms with Crippen LogP contribution in [0, 0.1) is 11.6 Å². The van der Waals surface area contributed by atoms with Crippen molar-refractivity contribution in [3.63, 3.8) is 0 Å². The maximum absolute atomic E-state index is 13.4. The van der Waals surface area contributed by atoms with E-state index in [4.69, 9.17) is 0 Å². The monoisotopic (exact) mass is 297 g/mol. The molecule has 1 aromatic heterocycles. The van der Waals surface area contributed by atoms with Gasteiger partial charge in [-0.15, -0.1) is 11.3 Å². The lowest BCUT2D eigenvalue weighted by Crippen LogP contribution is -3.08. The fourth-order valence-electron chi connectivity index (χ4n) is 1.83. The minimum Gasteiger partial charge on any atom is -0.325 e. The number of hydrogen-bond acceptors (Lipinski definition) is 2. The van der Waals surface area contributed by atoms with Crippen LogP contribution in [0.25, 0.3) is 0 Å². The van der Waals surface area contributed by atoms with Crippen molar-refractivity contribution >= 4 is 22.9 Å². The molecule has 0 radical (unpaired) electrons. The van der Waals surface area contributed by atoms with Gasteiger partial charge in [0.25, 0.3) is 5.91 Å². The molecule has 1 unspecified atom stereocenters. The Balaban J connectivity index is 1.88. The van der Waals surface area contributed by atoms with E-state index in [1.807, 2.05) is 24.6 Å². The van der Waals surface area contributed by atoms with E-state index in [9.17, 15) is 13.6 Å². The van der Waals surface area contributed by atoms with Crippen molar-refractivity contribution in [3.8, 4) is 0 Å². The predicted molar refractivity (Wildman–Crippen MR) is 74.8 cm³/mol. The highest BCUT2D eigenvalue weighted by Gasteiger charge is 2.13. The number of anilines is 1. The van der Waals surface area contributed by atoms with Gasteiger partial charge in [-0.25, -0.2) is 8.78 Å². The number of thiophene rings is 1. The molecule has 20 heavy (non-hydrogen) atoms. The molecule has 0 bridgehead atoms. The van der Waals surface area contributed by atoms with Crippen LogP contribution in [0.5, 0.6) is 0 Å². The van der Waals surface area contributed by atoms with E-state index in [0.717, 1.165) is 23.6 Å². The zero-order chi connectivity index (χ0) is 14.5. The van der Waals surface area contributed by atoms with Crippen LogP contribution >= 0.6 is 11.3 Å². The van der Waals surface area contributed by atoms with Crippen LogP contribution in [0.15, 0.2) is 35.7 Å². The molecular weight excluding hydrogens is 282 g/mol. The Morgan fingerprint density at radius 2 is 2.15 bits per heavy atom. The van der Waals surface area contributed by atoms with Crippen LogP contribution in [-0.2, 0) is 11.3 Å². The number of nitrogens with one attached hydrogen (secondary N) is 2. The number of hydrogen-bond donors (Lipinski definition) is 2. The lowest BCUT2D eigenvalue weighted by Gasteiger charge is -2.13. The molecule has 0 saturated carbocycles. The van der Waals surface area contributed by atoms with Crippen LogP contribution in [-0.4, -0.2) is 19.5 Å². The molecule has 1 aromatic carbocycles. The van der Waals surface area contributed by atoms with Gasteiger partial charge in [0.2, 0.25) is 0 Å². The summed E-state index contributed by atoms with van der Waals surface area (Å²) in [5.41, 5.74) is 0.000300. The molecule has 0 aliphatic heterocycles. The van der Waals surface area contributed by atoms with Crippen LogP contribution in [0.1, 0.15) is 4.88 Å². The molecule has 0 fully saturated rings. The summed E-state index contributed by atoms with van der Waals surface area (Å²) in [5, 5.41) is 4.43. The normalized spacial score (nSPS) is 12.2. The van der Waals surface area contributed by atoms with Crippen molar-refractivity contribution in [1.82, 2.24) is 0 Å². The van der Waals surface area contributed by atoms with Crippen molar-refractivity contribution in [3.05, 3.63) is 52.2 Å². The molecule has 0 saturated heterocycles. The molecular formula is C14H15F2N2OS+. The predicted octanol–water partition coefficient (Wildman–Crippen LogP) is 1.68. The first kappa shape index (κ1) is 14.6. The Hall–Kier alpha value is -1.79. The number of carbonyl (C=O) groups is 1. The molecule has 2 rings (SSSR count). The Kier molecular flexibility index (Phi) is 4.81. The van der Waals surface area contributed by atoms with Crippen molar-refractivity contribution < 1.29 is 18.5 Å². The number of benzene rings is 1. The van der Waals surface area contributed by atoms with Gasteiger partial charge in [0.15, 0.2) is 6.54 Å².